The number of aliphatic hydroxyl groups excluding tert-OH is 1. The van der Waals surface area contributed by atoms with Crippen LogP contribution in [0, 0.1) is 0 Å². The van der Waals surface area contributed by atoms with E-state index in [4.69, 9.17) is 5.11 Å². The van der Waals surface area contributed by atoms with E-state index >= 15 is 0 Å². The maximum Gasteiger partial charge on any atom is 0.257 e. The second-order valence-corrected chi connectivity index (χ2v) is 4.34. The fourth-order valence-electron chi connectivity index (χ4n) is 1.41. The van der Waals surface area contributed by atoms with Crippen molar-refractivity contribution in [3.8, 4) is 5.75 Å². The molecule has 1 rings (SSSR count). The van der Waals surface area contributed by atoms with E-state index < -0.39 is 0 Å². The largest absolute Gasteiger partial charge is 0.507 e. The number of hydrogen-bond acceptors (Lipinski definition) is 3. The van der Waals surface area contributed by atoms with Crippen molar-refractivity contribution in [1.29, 1.82) is 0 Å². The average molecular weight is 300 g/mol. The molecule has 0 aromatic heterocycles. The zero-order valence-electron chi connectivity index (χ0n) is 9.27. The summed E-state index contributed by atoms with van der Waals surface area (Å²) in [5, 5.41) is 18.6. The zero-order chi connectivity index (χ0) is 12.8. The van der Waals surface area contributed by atoms with Crippen LogP contribution in [0.25, 0.3) is 0 Å². The quantitative estimate of drug-likeness (QED) is 0.815. The van der Waals surface area contributed by atoms with Crippen LogP contribution in [0.2, 0.25) is 0 Å². The van der Waals surface area contributed by atoms with Crippen LogP contribution in [0.3, 0.4) is 0 Å². The minimum Gasteiger partial charge on any atom is -0.507 e. The predicted octanol–water partition coefficient (Wildman–Crippen LogP) is 1.78. The molecule has 0 fully saturated rings. The number of benzene rings is 1. The van der Waals surface area contributed by atoms with Crippen LogP contribution >= 0.6 is 15.9 Å². The van der Waals surface area contributed by atoms with Gasteiger partial charge in [0.2, 0.25) is 0 Å². The van der Waals surface area contributed by atoms with Crippen molar-refractivity contribution in [1.82, 2.24) is 4.90 Å². The molecular weight excluding hydrogens is 286 g/mol. The minimum absolute atomic E-state index is 0.0867. The van der Waals surface area contributed by atoms with E-state index in [0.717, 1.165) is 0 Å². The van der Waals surface area contributed by atoms with Crippen molar-refractivity contribution in [3.63, 3.8) is 0 Å². The van der Waals surface area contributed by atoms with Crippen molar-refractivity contribution in [3.05, 3.63) is 40.9 Å². The Morgan fingerprint density at radius 3 is 2.76 bits per heavy atom. The van der Waals surface area contributed by atoms with E-state index in [1.165, 1.54) is 17.0 Å². The van der Waals surface area contributed by atoms with Crippen LogP contribution in [0.4, 0.5) is 0 Å². The first-order valence-electron chi connectivity index (χ1n) is 5.09. The van der Waals surface area contributed by atoms with Gasteiger partial charge >= 0.3 is 0 Å². The van der Waals surface area contributed by atoms with Gasteiger partial charge in [-0.25, -0.2) is 0 Å². The molecule has 0 aliphatic carbocycles. The van der Waals surface area contributed by atoms with E-state index in [9.17, 15) is 9.90 Å². The van der Waals surface area contributed by atoms with Gasteiger partial charge in [0.25, 0.3) is 5.91 Å². The molecule has 0 heterocycles. The van der Waals surface area contributed by atoms with Gasteiger partial charge in [0.05, 0.1) is 12.2 Å². The van der Waals surface area contributed by atoms with Gasteiger partial charge in [-0.15, -0.1) is 6.58 Å². The molecule has 0 saturated carbocycles. The first-order valence-corrected chi connectivity index (χ1v) is 5.89. The topological polar surface area (TPSA) is 60.8 Å². The molecule has 5 heteroatoms. The fourth-order valence-corrected chi connectivity index (χ4v) is 1.76. The van der Waals surface area contributed by atoms with E-state index in [1.807, 2.05) is 0 Å². The Labute approximate surface area is 108 Å². The number of phenols is 1. The van der Waals surface area contributed by atoms with Crippen LogP contribution in [-0.4, -0.2) is 40.7 Å². The first kappa shape index (κ1) is 13.7. The number of halogens is 1. The second kappa shape index (κ2) is 6.42. The number of carbonyl (C=O) groups is 1. The molecule has 0 bridgehead atoms. The summed E-state index contributed by atoms with van der Waals surface area (Å²) in [4.78, 5) is 13.5. The Morgan fingerprint density at radius 2 is 2.24 bits per heavy atom. The third kappa shape index (κ3) is 3.57. The van der Waals surface area contributed by atoms with Gasteiger partial charge in [-0.1, -0.05) is 22.0 Å². The van der Waals surface area contributed by atoms with Gasteiger partial charge in [0.15, 0.2) is 0 Å². The third-order valence-electron chi connectivity index (χ3n) is 2.20. The fraction of sp³-hybridized carbons (Fsp3) is 0.250. The molecule has 0 unspecified atom stereocenters. The lowest BCUT2D eigenvalue weighted by atomic mass is 10.1. The van der Waals surface area contributed by atoms with Crippen molar-refractivity contribution in [2.24, 2.45) is 0 Å². The maximum absolute atomic E-state index is 12.0. The summed E-state index contributed by atoms with van der Waals surface area (Å²) in [6.07, 6.45) is 1.57. The number of phenolic OH excluding ortho intramolecular Hbond substituents is 1. The molecule has 4 nitrogen and oxygen atoms in total. The molecule has 0 atom stereocenters. The molecule has 0 spiro atoms. The van der Waals surface area contributed by atoms with Crippen molar-refractivity contribution in [2.75, 3.05) is 19.7 Å². The first-order chi connectivity index (χ1) is 8.10. The SMILES string of the molecule is C=CCN(CCO)C(=O)c1ccc(Br)cc1O. The van der Waals surface area contributed by atoms with Gasteiger partial charge in [-0.05, 0) is 18.2 Å². The number of hydrogen-bond donors (Lipinski definition) is 2. The normalized spacial score (nSPS) is 10.0. The molecule has 17 heavy (non-hydrogen) atoms. The zero-order valence-corrected chi connectivity index (χ0v) is 10.9. The summed E-state index contributed by atoms with van der Waals surface area (Å²) in [5.74, 6) is -0.416. The number of carbonyl (C=O) groups excluding carboxylic acids is 1. The van der Waals surface area contributed by atoms with Crippen LogP contribution < -0.4 is 0 Å². The summed E-state index contributed by atoms with van der Waals surface area (Å²) >= 11 is 3.20. The predicted molar refractivity (Wildman–Crippen MR) is 69.0 cm³/mol. The lowest BCUT2D eigenvalue weighted by molar-refractivity contribution is 0.0740. The smallest absolute Gasteiger partial charge is 0.257 e. The van der Waals surface area contributed by atoms with Gasteiger partial charge in [0.1, 0.15) is 5.75 Å². The molecule has 0 radical (unpaired) electrons. The van der Waals surface area contributed by atoms with E-state index in [1.54, 1.807) is 12.1 Å². The molecule has 92 valence electrons. The van der Waals surface area contributed by atoms with Crippen molar-refractivity contribution in [2.45, 2.75) is 0 Å². The molecule has 1 aromatic rings. The highest BCUT2D eigenvalue weighted by atomic mass is 79.9. The summed E-state index contributed by atoms with van der Waals surface area (Å²) in [5.41, 5.74) is 0.212. The maximum atomic E-state index is 12.0. The van der Waals surface area contributed by atoms with E-state index in [0.29, 0.717) is 11.0 Å². The molecule has 0 aliphatic rings. The number of rotatable bonds is 5. The Hall–Kier alpha value is -1.33. The summed E-state index contributed by atoms with van der Waals surface area (Å²) in [7, 11) is 0. The number of amides is 1. The molecule has 0 aliphatic heterocycles. The summed E-state index contributed by atoms with van der Waals surface area (Å²) < 4.78 is 0.698. The lowest BCUT2D eigenvalue weighted by Gasteiger charge is -2.20. The van der Waals surface area contributed by atoms with Gasteiger partial charge in [0, 0.05) is 17.6 Å². The summed E-state index contributed by atoms with van der Waals surface area (Å²) in [6, 6.07) is 4.67. The minimum atomic E-state index is -0.330. The number of aromatic hydroxyl groups is 1. The van der Waals surface area contributed by atoms with Crippen molar-refractivity contribution < 1.29 is 15.0 Å². The Bertz CT molecular complexity index is 420. The number of nitrogens with zero attached hydrogens (tertiary/aromatic N) is 1. The van der Waals surface area contributed by atoms with Gasteiger partial charge in [-0.2, -0.15) is 0 Å². The molecule has 2 N–H and O–H groups in total. The Kier molecular flexibility index (Phi) is 5.18. The Morgan fingerprint density at radius 1 is 1.53 bits per heavy atom. The highest BCUT2D eigenvalue weighted by Crippen LogP contribution is 2.23. The second-order valence-electron chi connectivity index (χ2n) is 3.42. The van der Waals surface area contributed by atoms with Crippen LogP contribution in [-0.2, 0) is 0 Å². The van der Waals surface area contributed by atoms with Crippen LogP contribution in [0.15, 0.2) is 35.3 Å². The van der Waals surface area contributed by atoms with Crippen LogP contribution in [0.5, 0.6) is 5.75 Å². The monoisotopic (exact) mass is 299 g/mol. The highest BCUT2D eigenvalue weighted by Gasteiger charge is 2.17. The van der Waals surface area contributed by atoms with E-state index in [-0.39, 0.29) is 30.4 Å². The molecule has 1 aromatic carbocycles. The molecule has 0 saturated heterocycles. The lowest BCUT2D eigenvalue weighted by Crippen LogP contribution is -2.33. The summed E-state index contributed by atoms with van der Waals surface area (Å²) in [6.45, 7) is 3.96. The highest BCUT2D eigenvalue weighted by molar-refractivity contribution is 9.10. The van der Waals surface area contributed by atoms with E-state index in [2.05, 4.69) is 22.5 Å². The van der Waals surface area contributed by atoms with Gasteiger partial charge < -0.3 is 15.1 Å². The Balaban J connectivity index is 2.96. The molecular formula is C12H14BrNO3. The van der Waals surface area contributed by atoms with Crippen molar-refractivity contribution >= 4 is 21.8 Å². The average Bonchev–Trinajstić information content (AvgIpc) is 2.28. The van der Waals surface area contributed by atoms with Crippen LogP contribution in [0.1, 0.15) is 10.4 Å². The van der Waals surface area contributed by atoms with Gasteiger partial charge in [-0.3, -0.25) is 4.79 Å². The third-order valence-corrected chi connectivity index (χ3v) is 2.69. The standard InChI is InChI=1S/C12H14BrNO3/c1-2-5-14(6-7-15)12(17)10-4-3-9(13)8-11(10)16/h2-4,8,15-16H,1,5-7H2. The number of aliphatic hydroxyl groups is 1. The molecule has 1 amide bonds.